The lowest BCUT2D eigenvalue weighted by atomic mass is 9.96. The van der Waals surface area contributed by atoms with Crippen LogP contribution in [0, 0.1) is 0 Å². The van der Waals surface area contributed by atoms with Gasteiger partial charge in [-0.05, 0) is 18.9 Å². The Balaban J connectivity index is 1.77. The van der Waals surface area contributed by atoms with Crippen molar-refractivity contribution in [3.8, 4) is 11.5 Å². The molecular weight excluding hydrogens is 256 g/mol. The number of halogens is 1. The molecule has 1 aliphatic heterocycles. The van der Waals surface area contributed by atoms with Gasteiger partial charge >= 0.3 is 0 Å². The van der Waals surface area contributed by atoms with Gasteiger partial charge in [0.05, 0.1) is 6.61 Å². The SMILES string of the molecule is BrC1CC(Oc2cccc3c2OCC3)C1. The maximum atomic E-state index is 5.91. The molecule has 0 saturated heterocycles. The number of benzene rings is 1. The maximum Gasteiger partial charge on any atom is 0.164 e. The van der Waals surface area contributed by atoms with E-state index in [4.69, 9.17) is 9.47 Å². The van der Waals surface area contributed by atoms with Crippen molar-refractivity contribution in [2.45, 2.75) is 30.2 Å². The molecule has 15 heavy (non-hydrogen) atoms. The predicted molar refractivity (Wildman–Crippen MR) is 62.0 cm³/mol. The third-order valence-corrected chi connectivity index (χ3v) is 3.76. The molecule has 0 N–H and O–H groups in total. The number of ether oxygens (including phenoxy) is 2. The quantitative estimate of drug-likeness (QED) is 0.768. The summed E-state index contributed by atoms with van der Waals surface area (Å²) in [6, 6.07) is 6.17. The van der Waals surface area contributed by atoms with Crippen molar-refractivity contribution in [1.29, 1.82) is 0 Å². The summed E-state index contributed by atoms with van der Waals surface area (Å²) in [6.07, 6.45) is 3.58. The molecule has 1 saturated carbocycles. The lowest BCUT2D eigenvalue weighted by Crippen LogP contribution is -2.34. The summed E-state index contributed by atoms with van der Waals surface area (Å²) in [5, 5.41) is 0. The number of fused-ring (bicyclic) bond motifs is 1. The minimum atomic E-state index is 0.366. The highest BCUT2D eigenvalue weighted by Crippen LogP contribution is 2.39. The number of rotatable bonds is 2. The Hall–Kier alpha value is -0.700. The van der Waals surface area contributed by atoms with Crippen molar-refractivity contribution in [2.24, 2.45) is 0 Å². The van der Waals surface area contributed by atoms with E-state index in [1.807, 2.05) is 12.1 Å². The van der Waals surface area contributed by atoms with E-state index in [-0.39, 0.29) is 0 Å². The van der Waals surface area contributed by atoms with Crippen molar-refractivity contribution in [3.63, 3.8) is 0 Å². The molecule has 0 unspecified atom stereocenters. The summed E-state index contributed by atoms with van der Waals surface area (Å²) in [4.78, 5) is 0.639. The number of para-hydroxylation sites is 1. The zero-order chi connectivity index (χ0) is 10.3. The second kappa shape index (κ2) is 3.71. The van der Waals surface area contributed by atoms with Crippen LogP contribution in [-0.4, -0.2) is 17.5 Å². The molecular formula is C12H13BrO2. The van der Waals surface area contributed by atoms with Gasteiger partial charge in [0.1, 0.15) is 6.10 Å². The highest BCUT2D eigenvalue weighted by atomic mass is 79.9. The second-order valence-corrected chi connectivity index (χ2v) is 5.45. The molecule has 2 aliphatic rings. The van der Waals surface area contributed by atoms with Gasteiger partial charge in [-0.1, -0.05) is 28.1 Å². The maximum absolute atomic E-state index is 5.91. The molecule has 1 fully saturated rings. The smallest absolute Gasteiger partial charge is 0.164 e. The molecule has 3 heteroatoms. The summed E-state index contributed by atoms with van der Waals surface area (Å²) >= 11 is 3.57. The van der Waals surface area contributed by atoms with Crippen LogP contribution < -0.4 is 9.47 Å². The van der Waals surface area contributed by atoms with E-state index in [2.05, 4.69) is 22.0 Å². The van der Waals surface area contributed by atoms with Crippen molar-refractivity contribution >= 4 is 15.9 Å². The Bertz CT molecular complexity index is 372. The number of alkyl halides is 1. The van der Waals surface area contributed by atoms with Crippen molar-refractivity contribution in [2.75, 3.05) is 6.61 Å². The molecule has 80 valence electrons. The van der Waals surface area contributed by atoms with Gasteiger partial charge in [-0.15, -0.1) is 0 Å². The highest BCUT2D eigenvalue weighted by Gasteiger charge is 2.30. The van der Waals surface area contributed by atoms with Gasteiger partial charge in [-0.3, -0.25) is 0 Å². The standard InChI is InChI=1S/C12H13BrO2/c13-9-6-10(7-9)15-11-3-1-2-8-4-5-14-12(8)11/h1-3,9-10H,4-7H2. The first-order chi connectivity index (χ1) is 7.33. The minimum Gasteiger partial charge on any atom is -0.489 e. The zero-order valence-electron chi connectivity index (χ0n) is 8.41. The first kappa shape index (κ1) is 9.52. The summed E-state index contributed by atoms with van der Waals surface area (Å²) in [5.41, 5.74) is 1.28. The molecule has 0 atom stereocenters. The Labute approximate surface area is 97.7 Å². The van der Waals surface area contributed by atoms with E-state index in [0.717, 1.165) is 37.4 Å². The van der Waals surface area contributed by atoms with E-state index < -0.39 is 0 Å². The third kappa shape index (κ3) is 1.73. The molecule has 1 heterocycles. The summed E-state index contributed by atoms with van der Waals surface area (Å²) in [7, 11) is 0. The molecule has 0 amide bonds. The summed E-state index contributed by atoms with van der Waals surface area (Å²) in [6.45, 7) is 0.793. The van der Waals surface area contributed by atoms with Gasteiger partial charge in [0.25, 0.3) is 0 Å². The molecule has 1 aliphatic carbocycles. The van der Waals surface area contributed by atoms with Crippen LogP contribution >= 0.6 is 15.9 Å². The van der Waals surface area contributed by atoms with Gasteiger partial charge in [0, 0.05) is 16.8 Å². The van der Waals surface area contributed by atoms with Crippen LogP contribution in [0.5, 0.6) is 11.5 Å². The largest absolute Gasteiger partial charge is 0.489 e. The van der Waals surface area contributed by atoms with Gasteiger partial charge < -0.3 is 9.47 Å². The van der Waals surface area contributed by atoms with Crippen LogP contribution in [-0.2, 0) is 6.42 Å². The monoisotopic (exact) mass is 268 g/mol. The zero-order valence-corrected chi connectivity index (χ0v) is 10.00. The summed E-state index contributed by atoms with van der Waals surface area (Å²) in [5.74, 6) is 1.89. The summed E-state index contributed by atoms with van der Waals surface area (Å²) < 4.78 is 11.5. The van der Waals surface area contributed by atoms with Crippen LogP contribution in [0.2, 0.25) is 0 Å². The van der Waals surface area contributed by atoms with Gasteiger partial charge in [0.15, 0.2) is 11.5 Å². The Morgan fingerprint density at radius 2 is 2.20 bits per heavy atom. The molecule has 2 nitrogen and oxygen atoms in total. The molecule has 0 radical (unpaired) electrons. The van der Waals surface area contributed by atoms with Crippen molar-refractivity contribution in [3.05, 3.63) is 23.8 Å². The van der Waals surface area contributed by atoms with Crippen LogP contribution in [0.3, 0.4) is 0 Å². The van der Waals surface area contributed by atoms with E-state index in [1.165, 1.54) is 5.56 Å². The third-order valence-electron chi connectivity index (χ3n) is 3.01. The second-order valence-electron chi connectivity index (χ2n) is 4.15. The molecule has 0 aromatic heterocycles. The Morgan fingerprint density at radius 1 is 1.33 bits per heavy atom. The highest BCUT2D eigenvalue weighted by molar-refractivity contribution is 9.09. The van der Waals surface area contributed by atoms with Crippen LogP contribution in [0.15, 0.2) is 18.2 Å². The average molecular weight is 269 g/mol. The first-order valence-corrected chi connectivity index (χ1v) is 6.30. The fourth-order valence-corrected chi connectivity index (χ4v) is 2.89. The Kier molecular flexibility index (Phi) is 2.35. The topological polar surface area (TPSA) is 18.5 Å². The fourth-order valence-electron chi connectivity index (χ4n) is 2.06. The van der Waals surface area contributed by atoms with E-state index >= 15 is 0 Å². The molecule has 1 aromatic carbocycles. The normalized spacial score (nSPS) is 27.8. The van der Waals surface area contributed by atoms with E-state index in [9.17, 15) is 0 Å². The fraction of sp³-hybridized carbons (Fsp3) is 0.500. The average Bonchev–Trinajstić information content (AvgIpc) is 2.64. The van der Waals surface area contributed by atoms with Gasteiger partial charge in [-0.2, -0.15) is 0 Å². The molecule has 0 spiro atoms. The number of hydrogen-bond acceptors (Lipinski definition) is 2. The van der Waals surface area contributed by atoms with Crippen molar-refractivity contribution < 1.29 is 9.47 Å². The minimum absolute atomic E-state index is 0.366. The predicted octanol–water partition coefficient (Wildman–Crippen LogP) is 2.93. The van der Waals surface area contributed by atoms with E-state index in [1.54, 1.807) is 0 Å². The molecule has 3 rings (SSSR count). The van der Waals surface area contributed by atoms with Crippen LogP contribution in [0.1, 0.15) is 18.4 Å². The van der Waals surface area contributed by atoms with E-state index in [0.29, 0.717) is 10.9 Å². The first-order valence-electron chi connectivity index (χ1n) is 5.38. The van der Waals surface area contributed by atoms with Crippen molar-refractivity contribution in [1.82, 2.24) is 0 Å². The Morgan fingerprint density at radius 3 is 3.00 bits per heavy atom. The lowest BCUT2D eigenvalue weighted by molar-refractivity contribution is 0.123. The molecule has 0 bridgehead atoms. The van der Waals surface area contributed by atoms with Crippen LogP contribution in [0.25, 0.3) is 0 Å². The lowest BCUT2D eigenvalue weighted by Gasteiger charge is -2.31. The number of hydrogen-bond donors (Lipinski definition) is 0. The van der Waals surface area contributed by atoms with Gasteiger partial charge in [-0.25, -0.2) is 0 Å². The van der Waals surface area contributed by atoms with Crippen LogP contribution in [0.4, 0.5) is 0 Å². The molecule has 1 aromatic rings. The van der Waals surface area contributed by atoms with Gasteiger partial charge in [0.2, 0.25) is 0 Å².